The van der Waals surface area contributed by atoms with Crippen LogP contribution < -0.4 is 11.1 Å². The Bertz CT molecular complexity index is 1000. The standard InChI is InChI=1S/C20H17N5O/c1-13-18(10-5-15-4-3-11-22-12-15)19(25-20(21)23-13)16-6-8-17(9-7-16)24-14(2)26/h3-4,6-9,11-12H,1-2H3,(H,24,26)(H2,21,23,25). The summed E-state index contributed by atoms with van der Waals surface area (Å²) < 4.78 is 0. The highest BCUT2D eigenvalue weighted by Crippen LogP contribution is 2.25. The molecule has 0 fully saturated rings. The Hall–Kier alpha value is -3.72. The van der Waals surface area contributed by atoms with Crippen LogP contribution >= 0.6 is 0 Å². The fourth-order valence-electron chi connectivity index (χ4n) is 2.44. The summed E-state index contributed by atoms with van der Waals surface area (Å²) in [6.07, 6.45) is 3.40. The van der Waals surface area contributed by atoms with E-state index in [1.54, 1.807) is 12.4 Å². The Morgan fingerprint density at radius 1 is 1.12 bits per heavy atom. The van der Waals surface area contributed by atoms with Gasteiger partial charge in [-0.2, -0.15) is 0 Å². The van der Waals surface area contributed by atoms with E-state index >= 15 is 0 Å². The van der Waals surface area contributed by atoms with E-state index in [-0.39, 0.29) is 11.9 Å². The van der Waals surface area contributed by atoms with Gasteiger partial charge in [0.1, 0.15) is 0 Å². The Morgan fingerprint density at radius 3 is 2.54 bits per heavy atom. The second-order valence-corrected chi connectivity index (χ2v) is 5.64. The molecule has 0 saturated carbocycles. The largest absolute Gasteiger partial charge is 0.368 e. The van der Waals surface area contributed by atoms with Crippen LogP contribution in [-0.2, 0) is 4.79 Å². The number of aryl methyl sites for hydroxylation is 1. The minimum Gasteiger partial charge on any atom is -0.368 e. The lowest BCUT2D eigenvalue weighted by Crippen LogP contribution is -2.05. The second-order valence-electron chi connectivity index (χ2n) is 5.64. The van der Waals surface area contributed by atoms with E-state index in [0.29, 0.717) is 22.6 Å². The number of nitrogens with one attached hydrogen (secondary N) is 1. The summed E-state index contributed by atoms with van der Waals surface area (Å²) in [5.74, 6) is 6.28. The lowest BCUT2D eigenvalue weighted by molar-refractivity contribution is -0.114. The molecule has 3 N–H and O–H groups in total. The van der Waals surface area contributed by atoms with Crippen molar-refractivity contribution in [2.24, 2.45) is 0 Å². The highest BCUT2D eigenvalue weighted by molar-refractivity contribution is 5.89. The molecule has 6 nitrogen and oxygen atoms in total. The van der Waals surface area contributed by atoms with Crippen molar-refractivity contribution in [1.82, 2.24) is 15.0 Å². The van der Waals surface area contributed by atoms with Crippen LogP contribution in [0.4, 0.5) is 11.6 Å². The molecule has 0 unspecified atom stereocenters. The van der Waals surface area contributed by atoms with Crippen LogP contribution in [0.5, 0.6) is 0 Å². The molecular weight excluding hydrogens is 326 g/mol. The number of amides is 1. The summed E-state index contributed by atoms with van der Waals surface area (Å²) in [4.78, 5) is 23.8. The van der Waals surface area contributed by atoms with Crippen LogP contribution in [0.25, 0.3) is 11.3 Å². The van der Waals surface area contributed by atoms with Gasteiger partial charge in [-0.05, 0) is 31.2 Å². The zero-order valence-electron chi connectivity index (χ0n) is 14.4. The average molecular weight is 343 g/mol. The molecular formula is C20H17N5O. The predicted molar refractivity (Wildman–Crippen MR) is 101 cm³/mol. The monoisotopic (exact) mass is 343 g/mol. The molecule has 0 aliphatic rings. The number of nitrogens with zero attached hydrogens (tertiary/aromatic N) is 3. The second kappa shape index (κ2) is 7.45. The number of pyridine rings is 1. The normalized spacial score (nSPS) is 9.92. The molecule has 0 atom stereocenters. The number of carbonyl (C=O) groups is 1. The van der Waals surface area contributed by atoms with Gasteiger partial charge >= 0.3 is 0 Å². The summed E-state index contributed by atoms with van der Waals surface area (Å²) in [5.41, 5.74) is 10.2. The molecule has 0 aliphatic carbocycles. The molecule has 1 amide bonds. The maximum atomic E-state index is 11.2. The van der Waals surface area contributed by atoms with E-state index in [4.69, 9.17) is 5.73 Å². The van der Waals surface area contributed by atoms with E-state index in [1.807, 2.05) is 43.3 Å². The molecule has 3 rings (SSSR count). The molecule has 0 radical (unpaired) electrons. The fourth-order valence-corrected chi connectivity index (χ4v) is 2.44. The van der Waals surface area contributed by atoms with Crippen molar-refractivity contribution in [2.75, 3.05) is 11.1 Å². The maximum absolute atomic E-state index is 11.2. The number of benzene rings is 1. The van der Waals surface area contributed by atoms with Crippen LogP contribution in [0.3, 0.4) is 0 Å². The van der Waals surface area contributed by atoms with Crippen LogP contribution in [0.2, 0.25) is 0 Å². The van der Waals surface area contributed by atoms with Gasteiger partial charge < -0.3 is 11.1 Å². The minimum absolute atomic E-state index is 0.122. The lowest BCUT2D eigenvalue weighted by atomic mass is 10.0. The van der Waals surface area contributed by atoms with Crippen molar-refractivity contribution in [3.8, 4) is 23.1 Å². The van der Waals surface area contributed by atoms with Gasteiger partial charge in [-0.25, -0.2) is 9.97 Å². The molecule has 0 saturated heterocycles. The molecule has 2 aromatic heterocycles. The quantitative estimate of drug-likeness (QED) is 0.698. The van der Waals surface area contributed by atoms with Crippen molar-refractivity contribution in [3.63, 3.8) is 0 Å². The highest BCUT2D eigenvalue weighted by Gasteiger charge is 2.11. The Kier molecular flexibility index (Phi) is 4.90. The number of nitrogens with two attached hydrogens (primary N) is 1. The van der Waals surface area contributed by atoms with Gasteiger partial charge in [-0.15, -0.1) is 0 Å². The first-order chi connectivity index (χ1) is 12.5. The van der Waals surface area contributed by atoms with Crippen molar-refractivity contribution < 1.29 is 4.79 Å². The Labute approximate surface area is 151 Å². The number of carbonyl (C=O) groups excluding carboxylic acids is 1. The first kappa shape index (κ1) is 17.1. The SMILES string of the molecule is CC(=O)Nc1ccc(-c2nc(N)nc(C)c2C#Cc2cccnc2)cc1. The van der Waals surface area contributed by atoms with Crippen molar-refractivity contribution in [1.29, 1.82) is 0 Å². The highest BCUT2D eigenvalue weighted by atomic mass is 16.1. The number of hydrogen-bond donors (Lipinski definition) is 2. The number of nitrogen functional groups attached to an aromatic ring is 1. The molecule has 6 heteroatoms. The van der Waals surface area contributed by atoms with E-state index in [1.165, 1.54) is 6.92 Å². The molecule has 3 aromatic rings. The molecule has 1 aromatic carbocycles. The molecule has 0 bridgehead atoms. The summed E-state index contributed by atoms with van der Waals surface area (Å²) in [7, 11) is 0. The summed E-state index contributed by atoms with van der Waals surface area (Å²) >= 11 is 0. The van der Waals surface area contributed by atoms with Crippen LogP contribution in [-0.4, -0.2) is 20.9 Å². The first-order valence-corrected chi connectivity index (χ1v) is 7.97. The van der Waals surface area contributed by atoms with Crippen LogP contribution in [0.1, 0.15) is 23.7 Å². The van der Waals surface area contributed by atoms with E-state index in [9.17, 15) is 4.79 Å². The third-order valence-corrected chi connectivity index (χ3v) is 3.58. The van der Waals surface area contributed by atoms with E-state index in [0.717, 1.165) is 11.1 Å². The molecule has 26 heavy (non-hydrogen) atoms. The van der Waals surface area contributed by atoms with Gasteiger partial charge in [0.2, 0.25) is 11.9 Å². The topological polar surface area (TPSA) is 93.8 Å². The first-order valence-electron chi connectivity index (χ1n) is 7.97. The maximum Gasteiger partial charge on any atom is 0.221 e. The molecule has 0 aliphatic heterocycles. The van der Waals surface area contributed by atoms with Crippen molar-refractivity contribution in [2.45, 2.75) is 13.8 Å². The minimum atomic E-state index is -0.122. The van der Waals surface area contributed by atoms with E-state index in [2.05, 4.69) is 32.1 Å². The van der Waals surface area contributed by atoms with Crippen molar-refractivity contribution >= 4 is 17.5 Å². The van der Waals surface area contributed by atoms with Crippen LogP contribution in [0.15, 0.2) is 48.8 Å². The zero-order valence-corrected chi connectivity index (χ0v) is 14.4. The summed E-state index contributed by atoms with van der Waals surface area (Å²) in [5, 5.41) is 2.74. The molecule has 2 heterocycles. The van der Waals surface area contributed by atoms with Gasteiger partial charge in [-0.1, -0.05) is 24.0 Å². The zero-order chi connectivity index (χ0) is 18.5. The summed E-state index contributed by atoms with van der Waals surface area (Å²) in [6.45, 7) is 3.31. The number of hydrogen-bond acceptors (Lipinski definition) is 5. The third kappa shape index (κ3) is 4.02. The molecule has 128 valence electrons. The Balaban J connectivity index is 2.04. The van der Waals surface area contributed by atoms with Crippen LogP contribution in [0, 0.1) is 18.8 Å². The Morgan fingerprint density at radius 2 is 1.88 bits per heavy atom. The van der Waals surface area contributed by atoms with Gasteiger partial charge in [-0.3, -0.25) is 9.78 Å². The fraction of sp³-hybridized carbons (Fsp3) is 0.100. The van der Waals surface area contributed by atoms with Gasteiger partial charge in [0.15, 0.2) is 0 Å². The van der Waals surface area contributed by atoms with E-state index < -0.39 is 0 Å². The average Bonchev–Trinajstić information content (AvgIpc) is 2.61. The number of rotatable bonds is 2. The van der Waals surface area contributed by atoms with Gasteiger partial charge in [0.25, 0.3) is 0 Å². The molecule has 0 spiro atoms. The summed E-state index contributed by atoms with van der Waals surface area (Å²) in [6, 6.07) is 11.1. The van der Waals surface area contributed by atoms with Gasteiger partial charge in [0.05, 0.1) is 17.0 Å². The lowest BCUT2D eigenvalue weighted by Gasteiger charge is -2.09. The third-order valence-electron chi connectivity index (χ3n) is 3.58. The number of aromatic nitrogens is 3. The number of anilines is 2. The van der Waals surface area contributed by atoms with Crippen molar-refractivity contribution in [3.05, 3.63) is 65.6 Å². The van der Waals surface area contributed by atoms with Gasteiger partial charge in [0, 0.05) is 36.1 Å². The predicted octanol–water partition coefficient (Wildman–Crippen LogP) is 2.79. The smallest absolute Gasteiger partial charge is 0.221 e.